The van der Waals surface area contributed by atoms with E-state index in [9.17, 15) is 41.0 Å². The number of hydrogen-bond acceptors (Lipinski definition) is 8. The molecule has 0 fully saturated rings. The number of pyridine rings is 1. The summed E-state index contributed by atoms with van der Waals surface area (Å²) in [6.45, 7) is -1.91. The number of methoxy groups -OCH3 is 1. The highest BCUT2D eigenvalue weighted by molar-refractivity contribution is 6.30. The van der Waals surface area contributed by atoms with Crippen molar-refractivity contribution < 1.29 is 41.0 Å². The number of benzene rings is 1. The number of aliphatic hydroxyl groups excluding tert-OH is 1. The third kappa shape index (κ3) is 5.84. The number of carbonyl (C=O) groups excluding carboxylic acids is 1. The molecule has 40 heavy (non-hydrogen) atoms. The molecule has 0 aliphatic rings. The molecule has 1 aromatic carbocycles. The lowest BCUT2D eigenvalue weighted by atomic mass is 10.2. The highest BCUT2D eigenvalue weighted by Crippen LogP contribution is 2.33. The molecule has 1 atom stereocenters. The number of rotatable bonds is 7. The van der Waals surface area contributed by atoms with Crippen molar-refractivity contribution in [3.8, 4) is 17.1 Å². The SMILES string of the molecule is COC(=O)c1nc(Cn2nc(-c3ccc(Cl)cc3)n(C[C@@H](O)C(F)(F)F)c2=O)nn1-c1cnccc1C(F)(F)F. The van der Waals surface area contributed by atoms with Crippen molar-refractivity contribution in [2.24, 2.45) is 0 Å². The Labute approximate surface area is 224 Å². The zero-order valence-electron chi connectivity index (χ0n) is 20.0. The van der Waals surface area contributed by atoms with Gasteiger partial charge in [-0.1, -0.05) is 11.6 Å². The Morgan fingerprint density at radius 2 is 1.77 bits per heavy atom. The molecule has 1 N–H and O–H groups in total. The molecular weight excluding hydrogens is 576 g/mol. The standard InChI is InChI=1S/C22H16ClF6N7O4/c1-40-19(38)18-31-16(32-36(18)14-8-30-7-6-13(14)21(24,25)26)10-35-20(39)34(9-15(37)22(27,28)29)17(33-35)11-2-4-12(23)5-3-11/h2-8,15,37H,9-10H2,1H3/t15-/m1/s1. The number of alkyl halides is 6. The lowest BCUT2D eigenvalue weighted by Gasteiger charge is -2.15. The fourth-order valence-corrected chi connectivity index (χ4v) is 3.67. The number of esters is 1. The van der Waals surface area contributed by atoms with Crippen molar-refractivity contribution in [1.82, 2.24) is 34.1 Å². The maximum Gasteiger partial charge on any atom is 0.418 e. The van der Waals surface area contributed by atoms with E-state index in [1.807, 2.05) is 0 Å². The number of aliphatic hydroxyl groups is 1. The number of aromatic nitrogens is 7. The molecule has 0 amide bonds. The minimum atomic E-state index is -5.06. The first-order valence-corrected chi connectivity index (χ1v) is 11.3. The number of ether oxygens (including phenoxy) is 1. The third-order valence-electron chi connectivity index (χ3n) is 5.40. The summed E-state index contributed by atoms with van der Waals surface area (Å²) in [5.41, 5.74) is -2.87. The average Bonchev–Trinajstić information content (AvgIpc) is 3.44. The van der Waals surface area contributed by atoms with E-state index in [1.165, 1.54) is 24.3 Å². The van der Waals surface area contributed by atoms with Crippen LogP contribution in [0.2, 0.25) is 5.02 Å². The van der Waals surface area contributed by atoms with Crippen LogP contribution in [0, 0.1) is 0 Å². The first kappa shape index (κ1) is 28.8. The smallest absolute Gasteiger partial charge is 0.418 e. The molecule has 18 heteroatoms. The fourth-order valence-electron chi connectivity index (χ4n) is 3.54. The zero-order valence-corrected chi connectivity index (χ0v) is 20.7. The van der Waals surface area contributed by atoms with Crippen LogP contribution in [-0.2, 0) is 24.0 Å². The minimum Gasteiger partial charge on any atom is -0.463 e. The summed E-state index contributed by atoms with van der Waals surface area (Å²) >= 11 is 5.86. The summed E-state index contributed by atoms with van der Waals surface area (Å²) < 4.78 is 86.3. The minimum absolute atomic E-state index is 0.161. The van der Waals surface area contributed by atoms with E-state index in [2.05, 4.69) is 24.9 Å². The second-order valence-corrected chi connectivity index (χ2v) is 8.52. The molecule has 0 saturated carbocycles. The molecule has 0 radical (unpaired) electrons. The molecule has 212 valence electrons. The van der Waals surface area contributed by atoms with E-state index in [0.717, 1.165) is 19.5 Å². The van der Waals surface area contributed by atoms with E-state index in [0.29, 0.717) is 20.0 Å². The van der Waals surface area contributed by atoms with Crippen LogP contribution in [0.1, 0.15) is 22.0 Å². The van der Waals surface area contributed by atoms with Crippen LogP contribution >= 0.6 is 11.6 Å². The molecule has 11 nitrogen and oxygen atoms in total. The van der Waals surface area contributed by atoms with Gasteiger partial charge in [0.25, 0.3) is 0 Å². The summed E-state index contributed by atoms with van der Waals surface area (Å²) in [4.78, 5) is 32.9. The van der Waals surface area contributed by atoms with Gasteiger partial charge in [-0.05, 0) is 30.3 Å². The van der Waals surface area contributed by atoms with E-state index >= 15 is 0 Å². The highest BCUT2D eigenvalue weighted by atomic mass is 35.5. The number of hydrogen-bond donors (Lipinski definition) is 1. The Kier molecular flexibility index (Phi) is 7.71. The number of carbonyl (C=O) groups is 1. The molecule has 4 rings (SSSR count). The Bertz CT molecular complexity index is 1590. The Hall–Kier alpha value is -4.25. The van der Waals surface area contributed by atoms with Crippen molar-refractivity contribution in [2.75, 3.05) is 7.11 Å². The third-order valence-corrected chi connectivity index (χ3v) is 5.65. The average molecular weight is 592 g/mol. The van der Waals surface area contributed by atoms with E-state index in [-0.39, 0.29) is 16.4 Å². The molecule has 0 unspecified atom stereocenters. The molecule has 0 aliphatic heterocycles. The second kappa shape index (κ2) is 10.7. The van der Waals surface area contributed by atoms with Gasteiger partial charge >= 0.3 is 24.0 Å². The van der Waals surface area contributed by atoms with Crippen LogP contribution in [0.4, 0.5) is 26.3 Å². The molecule has 0 aliphatic carbocycles. The summed E-state index contributed by atoms with van der Waals surface area (Å²) in [7, 11) is 0.950. The van der Waals surface area contributed by atoms with Gasteiger partial charge in [-0.2, -0.15) is 26.3 Å². The van der Waals surface area contributed by atoms with Crippen molar-refractivity contribution in [1.29, 1.82) is 0 Å². The van der Waals surface area contributed by atoms with E-state index in [1.54, 1.807) is 0 Å². The lowest BCUT2D eigenvalue weighted by molar-refractivity contribution is -0.207. The second-order valence-electron chi connectivity index (χ2n) is 8.08. The predicted molar refractivity (Wildman–Crippen MR) is 124 cm³/mol. The van der Waals surface area contributed by atoms with Gasteiger partial charge in [-0.25, -0.2) is 23.9 Å². The van der Waals surface area contributed by atoms with Gasteiger partial charge in [-0.3, -0.25) is 9.55 Å². The first-order valence-electron chi connectivity index (χ1n) is 10.9. The Morgan fingerprint density at radius 3 is 2.38 bits per heavy atom. The summed E-state index contributed by atoms with van der Waals surface area (Å²) in [5.74, 6) is -2.58. The van der Waals surface area contributed by atoms with Gasteiger partial charge in [0, 0.05) is 16.8 Å². The summed E-state index contributed by atoms with van der Waals surface area (Å²) in [6.07, 6.45) is -11.2. The van der Waals surface area contributed by atoms with Crippen LogP contribution in [0.5, 0.6) is 0 Å². The molecule has 3 heterocycles. The van der Waals surface area contributed by atoms with Gasteiger partial charge in [0.1, 0.15) is 6.54 Å². The van der Waals surface area contributed by atoms with Crippen molar-refractivity contribution in [3.05, 3.63) is 75.4 Å². The van der Waals surface area contributed by atoms with Gasteiger partial charge in [0.05, 0.1) is 31.1 Å². The maximum absolute atomic E-state index is 13.6. The molecule has 0 saturated heterocycles. The normalized spacial score (nSPS) is 12.9. The van der Waals surface area contributed by atoms with Crippen LogP contribution in [-0.4, -0.2) is 64.6 Å². The maximum atomic E-state index is 13.6. The summed E-state index contributed by atoms with van der Waals surface area (Å²) in [5, 5.41) is 17.8. The first-order chi connectivity index (χ1) is 18.7. The topological polar surface area (TPSA) is 130 Å². The highest BCUT2D eigenvalue weighted by Gasteiger charge is 2.40. The summed E-state index contributed by atoms with van der Waals surface area (Å²) in [6, 6.07) is 6.17. The van der Waals surface area contributed by atoms with Crippen molar-refractivity contribution in [2.45, 2.75) is 31.5 Å². The molecule has 0 spiro atoms. The van der Waals surface area contributed by atoms with Crippen LogP contribution < -0.4 is 5.69 Å². The molecule has 0 bridgehead atoms. The van der Waals surface area contributed by atoms with Crippen molar-refractivity contribution in [3.63, 3.8) is 0 Å². The quantitative estimate of drug-likeness (QED) is 0.256. The van der Waals surface area contributed by atoms with Gasteiger partial charge < -0.3 is 9.84 Å². The molecule has 3 aromatic heterocycles. The van der Waals surface area contributed by atoms with Gasteiger partial charge in [0.2, 0.25) is 5.82 Å². The molecular formula is C22H16ClF6N7O4. The largest absolute Gasteiger partial charge is 0.463 e. The van der Waals surface area contributed by atoms with Gasteiger partial charge in [-0.15, -0.1) is 10.2 Å². The number of halogens is 7. The van der Waals surface area contributed by atoms with Crippen molar-refractivity contribution >= 4 is 17.6 Å². The van der Waals surface area contributed by atoms with Gasteiger partial charge in [0.15, 0.2) is 17.8 Å². The molecule has 4 aromatic rings. The fraction of sp³-hybridized carbons (Fsp3) is 0.273. The van der Waals surface area contributed by atoms with Crippen LogP contribution in [0.3, 0.4) is 0 Å². The van der Waals surface area contributed by atoms with Crippen LogP contribution in [0.25, 0.3) is 17.1 Å². The number of nitrogens with zero attached hydrogens (tertiary/aromatic N) is 7. The lowest BCUT2D eigenvalue weighted by Crippen LogP contribution is -2.37. The van der Waals surface area contributed by atoms with E-state index in [4.69, 9.17) is 11.6 Å². The Morgan fingerprint density at radius 1 is 1.10 bits per heavy atom. The van der Waals surface area contributed by atoms with Crippen LogP contribution in [0.15, 0.2) is 47.5 Å². The zero-order chi connectivity index (χ0) is 29.4. The Balaban J connectivity index is 1.82. The monoisotopic (exact) mass is 591 g/mol. The predicted octanol–water partition coefficient (Wildman–Crippen LogP) is 3.12. The van der Waals surface area contributed by atoms with E-state index < -0.39 is 66.1 Å².